The van der Waals surface area contributed by atoms with E-state index in [1.165, 1.54) is 18.4 Å². The van der Waals surface area contributed by atoms with Gasteiger partial charge in [0.1, 0.15) is 0 Å². The molecule has 1 heterocycles. The minimum Gasteiger partial charge on any atom is -0.469 e. The van der Waals surface area contributed by atoms with E-state index in [1.807, 2.05) is 37.4 Å². The SMILES string of the molecule is CNCCCC(=O)Nc1nc(-c2ccccc2)c(CC(=O)OC)s1. The lowest BCUT2D eigenvalue weighted by atomic mass is 10.1. The van der Waals surface area contributed by atoms with E-state index >= 15 is 0 Å². The van der Waals surface area contributed by atoms with E-state index in [0.29, 0.717) is 17.2 Å². The summed E-state index contributed by atoms with van der Waals surface area (Å²) < 4.78 is 4.75. The Morgan fingerprint density at radius 3 is 2.67 bits per heavy atom. The summed E-state index contributed by atoms with van der Waals surface area (Å²) in [6.45, 7) is 0.786. The van der Waals surface area contributed by atoms with Gasteiger partial charge in [0, 0.05) is 16.9 Å². The first-order valence-corrected chi connectivity index (χ1v) is 8.52. The standard InChI is InChI=1S/C17H21N3O3S/c1-18-10-6-9-14(21)19-17-20-16(12-7-4-3-5-8-12)13(24-17)11-15(22)23-2/h3-5,7-8,18H,6,9-11H2,1-2H3,(H,19,20,21). The fourth-order valence-corrected chi connectivity index (χ4v) is 3.14. The fraction of sp³-hybridized carbons (Fsp3) is 0.353. The van der Waals surface area contributed by atoms with Gasteiger partial charge in [-0.05, 0) is 20.0 Å². The summed E-state index contributed by atoms with van der Waals surface area (Å²) in [6, 6.07) is 9.59. The molecule has 24 heavy (non-hydrogen) atoms. The lowest BCUT2D eigenvalue weighted by Crippen LogP contribution is -2.15. The predicted molar refractivity (Wildman–Crippen MR) is 95.1 cm³/mol. The number of rotatable bonds is 8. The van der Waals surface area contributed by atoms with Crippen molar-refractivity contribution >= 4 is 28.3 Å². The zero-order valence-corrected chi connectivity index (χ0v) is 14.6. The fourth-order valence-electron chi connectivity index (χ4n) is 2.16. The highest BCUT2D eigenvalue weighted by Crippen LogP contribution is 2.31. The molecule has 128 valence electrons. The molecule has 0 saturated carbocycles. The number of nitrogens with zero attached hydrogens (tertiary/aromatic N) is 1. The van der Waals surface area contributed by atoms with Crippen LogP contribution in [0.15, 0.2) is 30.3 Å². The van der Waals surface area contributed by atoms with Crippen molar-refractivity contribution in [3.8, 4) is 11.3 Å². The molecule has 0 spiro atoms. The number of ether oxygens (including phenoxy) is 1. The van der Waals surface area contributed by atoms with E-state index < -0.39 is 0 Å². The maximum absolute atomic E-state index is 12.0. The highest BCUT2D eigenvalue weighted by atomic mass is 32.1. The number of hydrogen-bond acceptors (Lipinski definition) is 6. The van der Waals surface area contributed by atoms with Crippen molar-refractivity contribution in [1.29, 1.82) is 0 Å². The maximum Gasteiger partial charge on any atom is 0.310 e. The van der Waals surface area contributed by atoms with Crippen LogP contribution in [-0.2, 0) is 20.7 Å². The highest BCUT2D eigenvalue weighted by Gasteiger charge is 2.17. The predicted octanol–water partition coefficient (Wildman–Crippen LogP) is 2.46. The minimum atomic E-state index is -0.331. The van der Waals surface area contributed by atoms with Gasteiger partial charge in [0.15, 0.2) is 5.13 Å². The minimum absolute atomic E-state index is 0.0803. The molecule has 0 radical (unpaired) electrons. The lowest BCUT2D eigenvalue weighted by Gasteiger charge is -2.01. The molecule has 0 aliphatic heterocycles. The average molecular weight is 347 g/mol. The number of esters is 1. The molecule has 7 heteroatoms. The van der Waals surface area contributed by atoms with Crippen molar-refractivity contribution in [3.05, 3.63) is 35.2 Å². The molecule has 2 N–H and O–H groups in total. The monoisotopic (exact) mass is 347 g/mol. The second kappa shape index (κ2) is 9.14. The number of carbonyl (C=O) groups excluding carboxylic acids is 2. The van der Waals surface area contributed by atoms with Gasteiger partial charge in [0.25, 0.3) is 0 Å². The van der Waals surface area contributed by atoms with Crippen LogP contribution in [0.1, 0.15) is 17.7 Å². The van der Waals surface area contributed by atoms with Crippen molar-refractivity contribution in [2.24, 2.45) is 0 Å². The number of carbonyl (C=O) groups is 2. The molecular weight excluding hydrogens is 326 g/mol. The summed E-state index contributed by atoms with van der Waals surface area (Å²) in [6.07, 6.45) is 1.32. The van der Waals surface area contributed by atoms with E-state index in [-0.39, 0.29) is 18.3 Å². The number of amides is 1. The second-order valence-corrected chi connectivity index (χ2v) is 6.25. The van der Waals surface area contributed by atoms with E-state index in [1.54, 1.807) is 0 Å². The smallest absolute Gasteiger partial charge is 0.310 e. The quantitative estimate of drug-likeness (QED) is 0.566. The first-order valence-electron chi connectivity index (χ1n) is 7.70. The van der Waals surface area contributed by atoms with Gasteiger partial charge in [-0.2, -0.15) is 0 Å². The van der Waals surface area contributed by atoms with Crippen molar-refractivity contribution in [2.75, 3.05) is 26.0 Å². The Labute approximate surface area is 145 Å². The topological polar surface area (TPSA) is 80.3 Å². The summed E-state index contributed by atoms with van der Waals surface area (Å²) in [5.41, 5.74) is 1.61. The molecule has 2 rings (SSSR count). The highest BCUT2D eigenvalue weighted by molar-refractivity contribution is 7.16. The summed E-state index contributed by atoms with van der Waals surface area (Å²) in [5, 5.41) is 6.32. The molecule has 0 unspecified atom stereocenters. The average Bonchev–Trinajstić information content (AvgIpc) is 2.98. The number of methoxy groups -OCH3 is 1. The number of nitrogens with one attached hydrogen (secondary N) is 2. The van der Waals surface area contributed by atoms with Crippen LogP contribution in [0.3, 0.4) is 0 Å². The van der Waals surface area contributed by atoms with Crippen LogP contribution < -0.4 is 10.6 Å². The second-order valence-electron chi connectivity index (χ2n) is 5.17. The molecule has 2 aromatic rings. The molecule has 0 aliphatic rings. The van der Waals surface area contributed by atoms with Crippen LogP contribution in [0.25, 0.3) is 11.3 Å². The van der Waals surface area contributed by atoms with Crippen LogP contribution >= 0.6 is 11.3 Å². The van der Waals surface area contributed by atoms with E-state index in [2.05, 4.69) is 15.6 Å². The summed E-state index contributed by atoms with van der Waals surface area (Å²) >= 11 is 1.31. The zero-order chi connectivity index (χ0) is 17.4. The van der Waals surface area contributed by atoms with Gasteiger partial charge in [-0.15, -0.1) is 11.3 Å². The van der Waals surface area contributed by atoms with Crippen molar-refractivity contribution in [1.82, 2.24) is 10.3 Å². The molecule has 1 amide bonds. The van der Waals surface area contributed by atoms with Crippen LogP contribution in [0, 0.1) is 0 Å². The Balaban J connectivity index is 2.18. The lowest BCUT2D eigenvalue weighted by molar-refractivity contribution is -0.139. The molecular formula is C17H21N3O3S. The Morgan fingerprint density at radius 1 is 1.25 bits per heavy atom. The molecule has 0 aliphatic carbocycles. The van der Waals surface area contributed by atoms with Gasteiger partial charge >= 0.3 is 5.97 Å². The summed E-state index contributed by atoms with van der Waals surface area (Å²) in [5.74, 6) is -0.411. The van der Waals surface area contributed by atoms with Gasteiger partial charge in [-0.25, -0.2) is 4.98 Å². The van der Waals surface area contributed by atoms with Crippen LogP contribution in [0.4, 0.5) is 5.13 Å². The Morgan fingerprint density at radius 2 is 2.00 bits per heavy atom. The molecule has 6 nitrogen and oxygen atoms in total. The molecule has 1 aromatic heterocycles. The zero-order valence-electron chi connectivity index (χ0n) is 13.8. The number of thiazole rings is 1. The van der Waals surface area contributed by atoms with E-state index in [0.717, 1.165) is 23.4 Å². The van der Waals surface area contributed by atoms with Crippen molar-refractivity contribution in [2.45, 2.75) is 19.3 Å². The Bertz CT molecular complexity index is 686. The molecule has 1 aromatic carbocycles. The number of aromatic nitrogens is 1. The van der Waals surface area contributed by atoms with Gasteiger partial charge in [-0.1, -0.05) is 30.3 Å². The Hall–Kier alpha value is -2.25. The number of hydrogen-bond donors (Lipinski definition) is 2. The third-order valence-electron chi connectivity index (χ3n) is 3.35. The number of anilines is 1. The van der Waals surface area contributed by atoms with Crippen LogP contribution in [-0.4, -0.2) is 37.6 Å². The van der Waals surface area contributed by atoms with Gasteiger partial charge in [0.05, 0.1) is 19.2 Å². The van der Waals surface area contributed by atoms with Gasteiger partial charge < -0.3 is 15.4 Å². The van der Waals surface area contributed by atoms with Crippen molar-refractivity contribution < 1.29 is 14.3 Å². The van der Waals surface area contributed by atoms with Crippen molar-refractivity contribution in [3.63, 3.8) is 0 Å². The maximum atomic E-state index is 12.0. The Kier molecular flexibility index (Phi) is 6.89. The van der Waals surface area contributed by atoms with Crippen LogP contribution in [0.5, 0.6) is 0 Å². The molecule has 0 fully saturated rings. The molecule has 0 saturated heterocycles. The third-order valence-corrected chi connectivity index (χ3v) is 4.32. The normalized spacial score (nSPS) is 10.4. The number of benzene rings is 1. The summed E-state index contributed by atoms with van der Waals surface area (Å²) in [4.78, 5) is 28.9. The van der Waals surface area contributed by atoms with Crippen LogP contribution in [0.2, 0.25) is 0 Å². The largest absolute Gasteiger partial charge is 0.469 e. The first-order chi connectivity index (χ1) is 11.6. The van der Waals surface area contributed by atoms with Gasteiger partial charge in [-0.3, -0.25) is 9.59 Å². The van der Waals surface area contributed by atoms with E-state index in [4.69, 9.17) is 4.74 Å². The van der Waals surface area contributed by atoms with E-state index in [9.17, 15) is 9.59 Å². The summed E-state index contributed by atoms with van der Waals surface area (Å²) in [7, 11) is 3.21. The molecule has 0 bridgehead atoms. The molecule has 0 atom stereocenters. The first kappa shape index (κ1) is 18.1. The van der Waals surface area contributed by atoms with Gasteiger partial charge in [0.2, 0.25) is 5.91 Å². The third kappa shape index (κ3) is 5.14.